The number of anilines is 1. The average molecular weight is 425 g/mol. The van der Waals surface area contributed by atoms with Crippen LogP contribution in [0.2, 0.25) is 0 Å². The predicted molar refractivity (Wildman–Crippen MR) is 113 cm³/mol. The average Bonchev–Trinajstić information content (AvgIpc) is 3.30. The smallest absolute Gasteiger partial charge is 0.318 e. The number of aryl methyl sites for hydroxylation is 2. The molecule has 8 heteroatoms. The number of pyridine rings is 1. The largest absolute Gasteiger partial charge is 0.326 e. The fourth-order valence-corrected chi connectivity index (χ4v) is 4.47. The summed E-state index contributed by atoms with van der Waals surface area (Å²) in [5.41, 5.74) is 2.25. The Morgan fingerprint density at radius 2 is 2.07 bits per heavy atom. The number of carbonyl (C=O) groups is 2. The number of urea groups is 1. The highest BCUT2D eigenvalue weighted by molar-refractivity contribution is 7.17. The highest BCUT2D eigenvalue weighted by Gasteiger charge is 2.32. The molecule has 0 atom stereocenters. The van der Waals surface area contributed by atoms with Crippen molar-refractivity contribution < 1.29 is 14.0 Å². The Hall–Kier alpha value is -3.13. The molecule has 30 heavy (non-hydrogen) atoms. The van der Waals surface area contributed by atoms with Crippen LogP contribution in [-0.2, 0) is 13.0 Å². The van der Waals surface area contributed by atoms with Crippen molar-refractivity contribution in [2.45, 2.75) is 26.3 Å². The molecule has 6 nitrogen and oxygen atoms in total. The van der Waals surface area contributed by atoms with Crippen molar-refractivity contribution in [3.8, 4) is 0 Å². The third-order valence-electron chi connectivity index (χ3n) is 4.96. The van der Waals surface area contributed by atoms with Gasteiger partial charge in [0.1, 0.15) is 5.82 Å². The van der Waals surface area contributed by atoms with E-state index < -0.39 is 0 Å². The predicted octanol–water partition coefficient (Wildman–Crippen LogP) is 4.24. The second kappa shape index (κ2) is 8.71. The number of aromatic nitrogens is 2. The van der Waals surface area contributed by atoms with Crippen LogP contribution >= 0.6 is 11.3 Å². The summed E-state index contributed by atoms with van der Waals surface area (Å²) < 4.78 is 13.4. The molecule has 1 aromatic carbocycles. The molecular weight excluding hydrogens is 403 g/mol. The van der Waals surface area contributed by atoms with Gasteiger partial charge in [0, 0.05) is 37.9 Å². The van der Waals surface area contributed by atoms with E-state index in [4.69, 9.17) is 0 Å². The zero-order valence-electron chi connectivity index (χ0n) is 16.5. The van der Waals surface area contributed by atoms with E-state index in [1.165, 1.54) is 23.5 Å². The number of hydrogen-bond donors (Lipinski definition) is 0. The molecule has 1 aliphatic heterocycles. The van der Waals surface area contributed by atoms with E-state index >= 15 is 0 Å². The lowest BCUT2D eigenvalue weighted by Gasteiger charge is -2.17. The van der Waals surface area contributed by atoms with Crippen LogP contribution in [-0.4, -0.2) is 39.8 Å². The molecule has 0 radical (unpaired) electrons. The molecule has 3 aromatic rings. The first-order valence-corrected chi connectivity index (χ1v) is 10.5. The molecule has 0 N–H and O–H groups in total. The van der Waals surface area contributed by atoms with Crippen molar-refractivity contribution in [3.63, 3.8) is 0 Å². The summed E-state index contributed by atoms with van der Waals surface area (Å²) in [5, 5.41) is 0.528. The van der Waals surface area contributed by atoms with E-state index in [0.717, 1.165) is 11.3 Å². The van der Waals surface area contributed by atoms with Crippen molar-refractivity contribution in [3.05, 3.63) is 76.3 Å². The van der Waals surface area contributed by atoms with Crippen LogP contribution in [0.4, 0.5) is 14.3 Å². The Labute approximate surface area is 178 Å². The summed E-state index contributed by atoms with van der Waals surface area (Å²) >= 11 is 1.25. The van der Waals surface area contributed by atoms with Gasteiger partial charge in [-0.1, -0.05) is 29.5 Å². The SMILES string of the molecule is Cc1nc(N2CCN(Cc3cccc(F)c3)C2=O)sc1C(=O)CCc1ccccn1. The van der Waals surface area contributed by atoms with Crippen molar-refractivity contribution in [2.75, 3.05) is 18.0 Å². The fourth-order valence-electron chi connectivity index (χ4n) is 3.42. The van der Waals surface area contributed by atoms with Gasteiger partial charge in [-0.25, -0.2) is 14.2 Å². The van der Waals surface area contributed by atoms with E-state index in [1.54, 1.807) is 35.1 Å². The molecule has 1 saturated heterocycles. The third kappa shape index (κ3) is 4.38. The number of nitrogens with zero attached hydrogens (tertiary/aromatic N) is 4. The quantitative estimate of drug-likeness (QED) is 0.532. The summed E-state index contributed by atoms with van der Waals surface area (Å²) in [7, 11) is 0. The van der Waals surface area contributed by atoms with Gasteiger partial charge >= 0.3 is 6.03 Å². The first-order chi connectivity index (χ1) is 14.5. The summed E-state index contributed by atoms with van der Waals surface area (Å²) in [6.45, 7) is 3.14. The highest BCUT2D eigenvalue weighted by Crippen LogP contribution is 2.30. The highest BCUT2D eigenvalue weighted by atomic mass is 32.1. The molecule has 0 saturated carbocycles. The standard InChI is InChI=1S/C22H21FN4O2S/c1-15-20(19(28)9-8-18-7-2-3-10-24-18)30-21(25-15)27-12-11-26(22(27)29)14-16-5-4-6-17(23)13-16/h2-7,10,13H,8-9,11-12,14H2,1H3. The molecule has 154 valence electrons. The minimum absolute atomic E-state index is 0.00478. The summed E-state index contributed by atoms with van der Waals surface area (Å²) in [5.74, 6) is -0.314. The first kappa shape index (κ1) is 20.2. The topological polar surface area (TPSA) is 66.4 Å². The molecule has 0 bridgehead atoms. The maximum atomic E-state index is 13.4. The maximum Gasteiger partial charge on any atom is 0.326 e. The summed E-state index contributed by atoms with van der Waals surface area (Å²) in [4.78, 5) is 38.1. The second-order valence-electron chi connectivity index (χ2n) is 7.14. The Balaban J connectivity index is 1.42. The Morgan fingerprint density at radius 3 is 2.83 bits per heavy atom. The lowest BCUT2D eigenvalue weighted by molar-refractivity contribution is 0.0985. The van der Waals surface area contributed by atoms with Gasteiger partial charge < -0.3 is 4.90 Å². The number of benzene rings is 1. The monoisotopic (exact) mass is 424 g/mol. The Kier molecular flexibility index (Phi) is 5.85. The van der Waals surface area contributed by atoms with Gasteiger partial charge in [-0.2, -0.15) is 0 Å². The second-order valence-corrected chi connectivity index (χ2v) is 8.12. The van der Waals surface area contributed by atoms with Crippen LogP contribution in [0.5, 0.6) is 0 Å². The fraction of sp³-hybridized carbons (Fsp3) is 0.273. The molecule has 3 heterocycles. The summed E-state index contributed by atoms with van der Waals surface area (Å²) in [6.07, 6.45) is 2.62. The van der Waals surface area contributed by atoms with E-state index in [2.05, 4.69) is 9.97 Å². The Bertz CT molecular complexity index is 1070. The zero-order chi connectivity index (χ0) is 21.1. The van der Waals surface area contributed by atoms with Crippen LogP contribution in [0.1, 0.15) is 33.0 Å². The molecule has 4 rings (SSSR count). The molecule has 0 aliphatic carbocycles. The lowest BCUT2D eigenvalue weighted by atomic mass is 10.1. The third-order valence-corrected chi connectivity index (χ3v) is 6.18. The van der Waals surface area contributed by atoms with Crippen LogP contribution < -0.4 is 4.90 Å². The van der Waals surface area contributed by atoms with Gasteiger partial charge in [-0.15, -0.1) is 0 Å². The van der Waals surface area contributed by atoms with Gasteiger partial charge in [0.25, 0.3) is 0 Å². The van der Waals surface area contributed by atoms with Crippen molar-refractivity contribution in [2.24, 2.45) is 0 Å². The number of rotatable bonds is 7. The number of ketones is 1. The molecule has 2 aromatic heterocycles. The number of thiazole rings is 1. The number of halogens is 1. The van der Waals surface area contributed by atoms with Crippen molar-refractivity contribution >= 4 is 28.3 Å². The number of amides is 2. The van der Waals surface area contributed by atoms with Crippen LogP contribution in [0.3, 0.4) is 0 Å². The van der Waals surface area contributed by atoms with Crippen molar-refractivity contribution in [1.82, 2.24) is 14.9 Å². The van der Waals surface area contributed by atoms with E-state index in [0.29, 0.717) is 48.2 Å². The minimum Gasteiger partial charge on any atom is -0.318 e. The number of Topliss-reactive ketones (excluding diaryl/α,β-unsaturated/α-hetero) is 1. The maximum absolute atomic E-state index is 13.4. The Morgan fingerprint density at radius 1 is 1.20 bits per heavy atom. The van der Waals surface area contributed by atoms with E-state index in [-0.39, 0.29) is 17.6 Å². The zero-order valence-corrected chi connectivity index (χ0v) is 17.4. The molecule has 1 aliphatic rings. The number of hydrogen-bond acceptors (Lipinski definition) is 5. The van der Waals surface area contributed by atoms with Crippen molar-refractivity contribution in [1.29, 1.82) is 0 Å². The van der Waals surface area contributed by atoms with Gasteiger partial charge in [0.2, 0.25) is 0 Å². The molecule has 2 amide bonds. The van der Waals surface area contributed by atoms with Crippen LogP contribution in [0, 0.1) is 12.7 Å². The van der Waals surface area contributed by atoms with Gasteiger partial charge in [0.05, 0.1) is 10.6 Å². The molecular formula is C22H21FN4O2S. The molecule has 0 spiro atoms. The van der Waals surface area contributed by atoms with Crippen LogP contribution in [0.15, 0.2) is 48.7 Å². The molecule has 1 fully saturated rings. The van der Waals surface area contributed by atoms with Crippen LogP contribution in [0.25, 0.3) is 0 Å². The van der Waals surface area contributed by atoms with E-state index in [9.17, 15) is 14.0 Å². The van der Waals surface area contributed by atoms with E-state index in [1.807, 2.05) is 18.2 Å². The minimum atomic E-state index is -0.319. The van der Waals surface area contributed by atoms with Gasteiger partial charge in [-0.05, 0) is 43.2 Å². The first-order valence-electron chi connectivity index (χ1n) is 9.72. The number of carbonyl (C=O) groups excluding carboxylic acids is 2. The van der Waals surface area contributed by atoms with Gasteiger partial charge in [0.15, 0.2) is 10.9 Å². The van der Waals surface area contributed by atoms with Gasteiger partial charge in [-0.3, -0.25) is 14.7 Å². The molecule has 0 unspecified atom stereocenters. The normalized spacial score (nSPS) is 13.9. The summed E-state index contributed by atoms with van der Waals surface area (Å²) in [6, 6.07) is 11.7. The lowest BCUT2D eigenvalue weighted by Crippen LogP contribution is -2.31.